The molecule has 0 fully saturated rings. The molecule has 0 amide bonds. The van der Waals surface area contributed by atoms with E-state index in [9.17, 15) is 13.0 Å². The molecule has 1 aliphatic rings. The molecular formula is C32H30N2O4S2. The van der Waals surface area contributed by atoms with Crippen LogP contribution in [-0.4, -0.2) is 25.3 Å². The molecule has 0 saturated carbocycles. The Morgan fingerprint density at radius 2 is 1.68 bits per heavy atom. The van der Waals surface area contributed by atoms with E-state index in [2.05, 4.69) is 60.9 Å². The SMILES string of the molecule is CCC(/C=C1\Oc2ccc3ccccc3c2N1CCCS(=O)(=O)[O-])=C\c1sc2ccc3ccccc3c2[n+]1CC. The van der Waals surface area contributed by atoms with Crippen molar-refractivity contribution in [2.75, 3.05) is 17.2 Å². The number of aromatic nitrogens is 1. The van der Waals surface area contributed by atoms with Crippen molar-refractivity contribution in [1.82, 2.24) is 0 Å². The topological polar surface area (TPSA) is 73.5 Å². The van der Waals surface area contributed by atoms with Crippen molar-refractivity contribution in [1.29, 1.82) is 0 Å². The van der Waals surface area contributed by atoms with E-state index in [1.165, 1.54) is 21.0 Å². The quantitative estimate of drug-likeness (QED) is 0.149. The Labute approximate surface area is 238 Å². The van der Waals surface area contributed by atoms with Crippen molar-refractivity contribution in [3.05, 3.63) is 95.3 Å². The summed E-state index contributed by atoms with van der Waals surface area (Å²) in [5.41, 5.74) is 3.24. The summed E-state index contributed by atoms with van der Waals surface area (Å²) in [7, 11) is -4.31. The fourth-order valence-electron chi connectivity index (χ4n) is 5.46. The van der Waals surface area contributed by atoms with Gasteiger partial charge in [0, 0.05) is 29.8 Å². The van der Waals surface area contributed by atoms with E-state index in [4.69, 9.17) is 4.74 Å². The molecule has 4 aromatic carbocycles. The molecule has 0 unspecified atom stereocenters. The minimum atomic E-state index is -4.31. The Morgan fingerprint density at radius 3 is 2.40 bits per heavy atom. The summed E-state index contributed by atoms with van der Waals surface area (Å²) >= 11 is 1.77. The summed E-state index contributed by atoms with van der Waals surface area (Å²) < 4.78 is 44.0. The summed E-state index contributed by atoms with van der Waals surface area (Å²) in [6.07, 6.45) is 5.26. The molecule has 1 aromatic heterocycles. The van der Waals surface area contributed by atoms with Gasteiger partial charge in [0.15, 0.2) is 5.75 Å². The first-order valence-electron chi connectivity index (χ1n) is 13.5. The fraction of sp³-hybridized carbons (Fsp3) is 0.219. The zero-order valence-electron chi connectivity index (χ0n) is 22.5. The summed E-state index contributed by atoms with van der Waals surface area (Å²) in [6.45, 7) is 5.49. The normalized spacial score (nSPS) is 14.9. The molecule has 2 heterocycles. The maximum atomic E-state index is 11.4. The first-order valence-corrected chi connectivity index (χ1v) is 15.9. The third kappa shape index (κ3) is 4.98. The van der Waals surface area contributed by atoms with Crippen LogP contribution >= 0.6 is 11.3 Å². The van der Waals surface area contributed by atoms with Crippen LogP contribution in [0, 0.1) is 0 Å². The second kappa shape index (κ2) is 10.7. The molecule has 0 N–H and O–H groups in total. The van der Waals surface area contributed by atoms with Gasteiger partial charge in [0.2, 0.25) is 11.4 Å². The van der Waals surface area contributed by atoms with Crippen LogP contribution in [0.2, 0.25) is 0 Å². The molecule has 0 radical (unpaired) electrons. The van der Waals surface area contributed by atoms with E-state index in [-0.39, 0.29) is 6.42 Å². The molecule has 0 spiro atoms. The van der Waals surface area contributed by atoms with Crippen molar-refractivity contribution >= 4 is 65.0 Å². The maximum Gasteiger partial charge on any atom is 0.263 e. The number of benzene rings is 4. The second-order valence-electron chi connectivity index (χ2n) is 9.88. The highest BCUT2D eigenvalue weighted by Gasteiger charge is 2.29. The van der Waals surface area contributed by atoms with Crippen LogP contribution in [0.5, 0.6) is 5.75 Å². The van der Waals surface area contributed by atoms with Gasteiger partial charge in [-0.25, -0.2) is 8.42 Å². The highest BCUT2D eigenvalue weighted by Crippen LogP contribution is 2.44. The number of anilines is 1. The number of fused-ring (bicyclic) bond motifs is 6. The highest BCUT2D eigenvalue weighted by molar-refractivity contribution is 7.85. The van der Waals surface area contributed by atoms with E-state index in [1.54, 1.807) is 11.3 Å². The summed E-state index contributed by atoms with van der Waals surface area (Å²) in [5.74, 6) is 0.944. The maximum absolute atomic E-state index is 11.4. The van der Waals surface area contributed by atoms with Crippen molar-refractivity contribution in [2.45, 2.75) is 33.2 Å². The van der Waals surface area contributed by atoms with Crippen LogP contribution in [0.1, 0.15) is 31.7 Å². The molecule has 204 valence electrons. The van der Waals surface area contributed by atoms with E-state index < -0.39 is 15.9 Å². The Hall–Kier alpha value is -3.72. The van der Waals surface area contributed by atoms with Gasteiger partial charge in [0.25, 0.3) is 5.01 Å². The Bertz CT molecular complexity index is 1920. The molecule has 0 bridgehead atoms. The molecule has 40 heavy (non-hydrogen) atoms. The molecular weight excluding hydrogens is 540 g/mol. The Morgan fingerprint density at radius 1 is 0.975 bits per heavy atom. The lowest BCUT2D eigenvalue weighted by Crippen LogP contribution is -2.33. The molecule has 5 aromatic rings. The number of nitrogens with zero attached hydrogens (tertiary/aromatic N) is 2. The third-order valence-electron chi connectivity index (χ3n) is 7.35. The average molecular weight is 571 g/mol. The molecule has 8 heteroatoms. The zero-order valence-corrected chi connectivity index (χ0v) is 24.1. The fourth-order valence-corrected chi connectivity index (χ4v) is 7.16. The molecule has 6 nitrogen and oxygen atoms in total. The van der Waals surface area contributed by atoms with Gasteiger partial charge in [-0.3, -0.25) is 0 Å². The van der Waals surface area contributed by atoms with Crippen LogP contribution in [0.3, 0.4) is 0 Å². The number of rotatable bonds is 8. The predicted octanol–water partition coefficient (Wildman–Crippen LogP) is 6.98. The van der Waals surface area contributed by atoms with Crippen LogP contribution in [-0.2, 0) is 16.7 Å². The van der Waals surface area contributed by atoms with Gasteiger partial charge in [-0.05, 0) is 54.3 Å². The summed E-state index contributed by atoms with van der Waals surface area (Å²) in [5, 5.41) is 5.72. The first kappa shape index (κ1) is 26.5. The van der Waals surface area contributed by atoms with Crippen LogP contribution < -0.4 is 14.2 Å². The summed E-state index contributed by atoms with van der Waals surface area (Å²) in [4.78, 5) is 2.01. The van der Waals surface area contributed by atoms with E-state index in [0.29, 0.717) is 12.4 Å². The number of allylic oxidation sites excluding steroid dienone is 2. The Kier molecular flexibility index (Phi) is 7.08. The monoisotopic (exact) mass is 570 g/mol. The van der Waals surface area contributed by atoms with E-state index >= 15 is 0 Å². The number of hydrogen-bond acceptors (Lipinski definition) is 6. The molecule has 0 atom stereocenters. The highest BCUT2D eigenvalue weighted by atomic mass is 32.2. The summed E-state index contributed by atoms with van der Waals surface area (Å²) in [6, 6.07) is 24.9. The molecule has 6 rings (SSSR count). The number of ether oxygens (including phenoxy) is 1. The first-order chi connectivity index (χ1) is 19.4. The Balaban J connectivity index is 1.44. The van der Waals surface area contributed by atoms with Crippen molar-refractivity contribution in [3.63, 3.8) is 0 Å². The van der Waals surface area contributed by atoms with Gasteiger partial charge in [0.05, 0.1) is 21.2 Å². The predicted molar refractivity (Wildman–Crippen MR) is 163 cm³/mol. The van der Waals surface area contributed by atoms with E-state index in [0.717, 1.165) is 45.8 Å². The van der Waals surface area contributed by atoms with Gasteiger partial charge in [0.1, 0.15) is 11.2 Å². The van der Waals surface area contributed by atoms with Crippen LogP contribution in [0.15, 0.2) is 90.3 Å². The lowest BCUT2D eigenvalue weighted by molar-refractivity contribution is -0.664. The molecule has 0 aliphatic carbocycles. The van der Waals surface area contributed by atoms with Crippen molar-refractivity contribution < 1.29 is 22.3 Å². The number of thiazole rings is 1. The van der Waals surface area contributed by atoms with Crippen LogP contribution in [0.25, 0.3) is 37.8 Å². The van der Waals surface area contributed by atoms with Crippen molar-refractivity contribution in [2.24, 2.45) is 0 Å². The van der Waals surface area contributed by atoms with Gasteiger partial charge < -0.3 is 14.2 Å². The van der Waals surface area contributed by atoms with E-state index in [1.807, 2.05) is 47.4 Å². The standard InChI is InChI=1S/C32H30N2O4S2/c1-3-22(21-30-33(4-2)32-26-13-8-6-11-24(26)15-17-28(32)39-30)20-29-34(18-9-19-40(35,36)37)31-25-12-7-5-10-23(25)14-16-27(31)38-29/h5-8,10-17,20-21H,3-4,9,18-19H2,1-2H3. The average Bonchev–Trinajstić information content (AvgIpc) is 3.49. The van der Waals surface area contributed by atoms with Gasteiger partial charge >= 0.3 is 0 Å². The number of hydrogen-bond donors (Lipinski definition) is 0. The molecule has 0 saturated heterocycles. The smallest absolute Gasteiger partial charge is 0.263 e. The van der Waals surface area contributed by atoms with Gasteiger partial charge in [-0.2, -0.15) is 4.57 Å². The minimum absolute atomic E-state index is 0.208. The third-order valence-corrected chi connectivity index (χ3v) is 9.23. The zero-order chi connectivity index (χ0) is 27.9. The largest absolute Gasteiger partial charge is 0.748 e. The number of aryl methyl sites for hydroxylation is 1. The minimum Gasteiger partial charge on any atom is -0.748 e. The second-order valence-corrected chi connectivity index (χ2v) is 12.5. The van der Waals surface area contributed by atoms with Crippen molar-refractivity contribution in [3.8, 4) is 5.75 Å². The lowest BCUT2D eigenvalue weighted by Gasteiger charge is -2.20. The van der Waals surface area contributed by atoms with Gasteiger partial charge in [-0.1, -0.05) is 72.9 Å². The lowest BCUT2D eigenvalue weighted by atomic mass is 10.1. The van der Waals surface area contributed by atoms with Crippen LogP contribution in [0.4, 0.5) is 5.69 Å². The van der Waals surface area contributed by atoms with Gasteiger partial charge in [-0.15, -0.1) is 0 Å². The molecule has 1 aliphatic heterocycles.